The van der Waals surface area contributed by atoms with Crippen LogP contribution in [0.1, 0.15) is 31.1 Å². The summed E-state index contributed by atoms with van der Waals surface area (Å²) >= 11 is 0. The van der Waals surface area contributed by atoms with Crippen LogP contribution in [-0.2, 0) is 23.9 Å². The Kier molecular flexibility index (Phi) is 10.1. The zero-order valence-electron chi connectivity index (χ0n) is 23.2. The number of ether oxygens (including phenoxy) is 4. The maximum Gasteiger partial charge on any atom is 0.338 e. The van der Waals surface area contributed by atoms with Crippen LogP contribution in [0.3, 0.4) is 0 Å². The highest BCUT2D eigenvalue weighted by atomic mass is 16.6. The van der Waals surface area contributed by atoms with E-state index in [-0.39, 0.29) is 41.4 Å². The van der Waals surface area contributed by atoms with Crippen molar-refractivity contribution in [2.24, 2.45) is 0 Å². The van der Waals surface area contributed by atoms with Crippen LogP contribution in [0.2, 0.25) is 0 Å². The van der Waals surface area contributed by atoms with Crippen LogP contribution in [0.25, 0.3) is 22.3 Å². The van der Waals surface area contributed by atoms with Crippen molar-refractivity contribution < 1.29 is 38.1 Å². The Labute approximate surface area is 238 Å². The third-order valence-corrected chi connectivity index (χ3v) is 5.62. The van der Waals surface area contributed by atoms with Crippen LogP contribution in [0.15, 0.2) is 103 Å². The molecule has 0 fully saturated rings. The van der Waals surface area contributed by atoms with Gasteiger partial charge in [-0.25, -0.2) is 19.2 Å². The third kappa shape index (κ3) is 8.37. The first-order valence-electron chi connectivity index (χ1n) is 12.6. The summed E-state index contributed by atoms with van der Waals surface area (Å²) in [5.74, 6) is -2.20. The molecular formula is C33H30O8. The van der Waals surface area contributed by atoms with E-state index in [1.54, 1.807) is 42.5 Å². The molecule has 0 bridgehead atoms. The monoisotopic (exact) mass is 554 g/mol. The first-order chi connectivity index (χ1) is 19.5. The molecule has 8 heteroatoms. The Morgan fingerprint density at radius 2 is 0.951 bits per heavy atom. The van der Waals surface area contributed by atoms with Gasteiger partial charge in [0.05, 0.1) is 5.56 Å². The summed E-state index contributed by atoms with van der Waals surface area (Å²) in [7, 11) is 0. The molecule has 8 nitrogen and oxygen atoms in total. The Balaban J connectivity index is 1.72. The normalized spacial score (nSPS) is 10.2. The van der Waals surface area contributed by atoms with Gasteiger partial charge in [-0.3, -0.25) is 0 Å². The van der Waals surface area contributed by atoms with Gasteiger partial charge in [0.1, 0.15) is 13.2 Å². The topological polar surface area (TPSA) is 105 Å². The van der Waals surface area contributed by atoms with Gasteiger partial charge < -0.3 is 18.9 Å². The minimum Gasteiger partial charge on any atom is -0.459 e. The number of rotatable bonds is 11. The van der Waals surface area contributed by atoms with Crippen molar-refractivity contribution in [3.05, 3.63) is 109 Å². The van der Waals surface area contributed by atoms with Crippen LogP contribution in [0, 0.1) is 0 Å². The van der Waals surface area contributed by atoms with Crippen molar-refractivity contribution in [2.45, 2.75) is 20.8 Å². The fourth-order valence-corrected chi connectivity index (χ4v) is 3.35. The van der Waals surface area contributed by atoms with Gasteiger partial charge in [-0.15, -0.1) is 0 Å². The van der Waals surface area contributed by atoms with Gasteiger partial charge in [0.25, 0.3) is 0 Å². The molecule has 3 aromatic carbocycles. The minimum atomic E-state index is -0.649. The van der Waals surface area contributed by atoms with Crippen molar-refractivity contribution in [3.63, 3.8) is 0 Å². The SMILES string of the molecule is C=C(C)C(=O)OCCOC(=O)c1ccc(-c2ccc(-c3ccc(OC(=O)C(=C)C)c(OC(=O)C(=C)C)c3)cc2)cc1. The summed E-state index contributed by atoms with van der Waals surface area (Å²) in [5, 5.41) is 0. The lowest BCUT2D eigenvalue weighted by Gasteiger charge is -2.13. The van der Waals surface area contributed by atoms with Gasteiger partial charge in [0.15, 0.2) is 11.5 Å². The van der Waals surface area contributed by atoms with E-state index in [0.717, 1.165) is 22.3 Å². The maximum absolute atomic E-state index is 12.3. The molecule has 0 unspecified atom stereocenters. The largest absolute Gasteiger partial charge is 0.459 e. The molecule has 0 radical (unpaired) electrons. The summed E-state index contributed by atoms with van der Waals surface area (Å²) in [6.45, 7) is 15.1. The summed E-state index contributed by atoms with van der Waals surface area (Å²) in [5.41, 5.74) is 4.36. The van der Waals surface area contributed by atoms with Crippen LogP contribution in [-0.4, -0.2) is 37.1 Å². The molecule has 0 N–H and O–H groups in total. The first kappa shape index (κ1) is 30.3. The fraction of sp³-hybridized carbons (Fsp3) is 0.152. The van der Waals surface area contributed by atoms with Crippen LogP contribution >= 0.6 is 0 Å². The summed E-state index contributed by atoms with van der Waals surface area (Å²) in [6.07, 6.45) is 0. The van der Waals surface area contributed by atoms with E-state index in [4.69, 9.17) is 18.9 Å². The number of hydrogen-bond acceptors (Lipinski definition) is 8. The molecule has 3 rings (SSSR count). The molecular weight excluding hydrogens is 524 g/mol. The second-order valence-electron chi connectivity index (χ2n) is 9.21. The van der Waals surface area contributed by atoms with Gasteiger partial charge >= 0.3 is 23.9 Å². The fourth-order valence-electron chi connectivity index (χ4n) is 3.35. The number of carbonyl (C=O) groups is 4. The predicted octanol–water partition coefficient (Wildman–Crippen LogP) is 6.26. The van der Waals surface area contributed by atoms with E-state index in [1.165, 1.54) is 20.8 Å². The first-order valence-corrected chi connectivity index (χ1v) is 12.6. The minimum absolute atomic E-state index is 0.0535. The van der Waals surface area contributed by atoms with Gasteiger partial charge in [0, 0.05) is 16.7 Å². The molecule has 0 aliphatic carbocycles. The van der Waals surface area contributed by atoms with E-state index in [0.29, 0.717) is 5.56 Å². The molecule has 0 amide bonds. The molecule has 0 spiro atoms. The molecule has 41 heavy (non-hydrogen) atoms. The highest BCUT2D eigenvalue weighted by molar-refractivity contribution is 5.92. The second-order valence-corrected chi connectivity index (χ2v) is 9.21. The van der Waals surface area contributed by atoms with E-state index in [2.05, 4.69) is 19.7 Å². The van der Waals surface area contributed by atoms with Crippen molar-refractivity contribution in [2.75, 3.05) is 13.2 Å². The van der Waals surface area contributed by atoms with E-state index >= 15 is 0 Å². The molecule has 0 aromatic heterocycles. The molecule has 0 aliphatic rings. The zero-order valence-corrected chi connectivity index (χ0v) is 23.2. The number of carbonyl (C=O) groups excluding carboxylic acids is 4. The van der Waals surface area contributed by atoms with Crippen LogP contribution in [0.4, 0.5) is 0 Å². The molecule has 0 saturated carbocycles. The van der Waals surface area contributed by atoms with Crippen LogP contribution < -0.4 is 9.47 Å². The van der Waals surface area contributed by atoms with Crippen LogP contribution in [0.5, 0.6) is 11.5 Å². The van der Waals surface area contributed by atoms with Crippen molar-refractivity contribution >= 4 is 23.9 Å². The Hall–Kier alpha value is -5.24. The number of hydrogen-bond donors (Lipinski definition) is 0. The quantitative estimate of drug-likeness (QED) is 0.118. The highest BCUT2D eigenvalue weighted by Crippen LogP contribution is 2.34. The molecule has 0 heterocycles. The van der Waals surface area contributed by atoms with Gasteiger partial charge in [0.2, 0.25) is 0 Å². The van der Waals surface area contributed by atoms with E-state index in [9.17, 15) is 19.2 Å². The van der Waals surface area contributed by atoms with E-state index in [1.807, 2.05) is 24.3 Å². The molecule has 210 valence electrons. The second kappa shape index (κ2) is 13.7. The maximum atomic E-state index is 12.3. The molecule has 0 aliphatic heterocycles. The lowest BCUT2D eigenvalue weighted by atomic mass is 9.99. The Bertz CT molecular complexity index is 1510. The van der Waals surface area contributed by atoms with Gasteiger partial charge in [-0.05, 0) is 67.3 Å². The average molecular weight is 555 g/mol. The lowest BCUT2D eigenvalue weighted by molar-refractivity contribution is -0.140. The Morgan fingerprint density at radius 1 is 0.537 bits per heavy atom. The van der Waals surface area contributed by atoms with E-state index < -0.39 is 23.9 Å². The summed E-state index contributed by atoms with van der Waals surface area (Å²) in [4.78, 5) is 47.9. The zero-order chi connectivity index (χ0) is 30.1. The van der Waals surface area contributed by atoms with Gasteiger partial charge in [-0.2, -0.15) is 0 Å². The van der Waals surface area contributed by atoms with Gasteiger partial charge in [-0.1, -0.05) is 62.2 Å². The standard InChI is InChI=1S/C33H30O8/c1-20(2)30(34)38-17-18-39-33(37)26-13-11-24(12-14-26)23-7-9-25(10-8-23)27-15-16-28(40-31(35)21(3)4)29(19-27)41-32(36)22(5)6/h7-16,19H,1,3,5,17-18H2,2,4,6H3. The lowest BCUT2D eigenvalue weighted by Crippen LogP contribution is -2.14. The third-order valence-electron chi connectivity index (χ3n) is 5.62. The van der Waals surface area contributed by atoms with Crippen molar-refractivity contribution in [1.82, 2.24) is 0 Å². The molecule has 3 aromatic rings. The average Bonchev–Trinajstić information content (AvgIpc) is 2.95. The number of benzene rings is 3. The smallest absolute Gasteiger partial charge is 0.338 e. The predicted molar refractivity (Wildman–Crippen MR) is 154 cm³/mol. The summed E-state index contributed by atoms with van der Waals surface area (Å²) in [6, 6.07) is 19.4. The Morgan fingerprint density at radius 3 is 1.46 bits per heavy atom. The molecule has 0 saturated heterocycles. The summed E-state index contributed by atoms with van der Waals surface area (Å²) < 4.78 is 20.8. The van der Waals surface area contributed by atoms with Crippen molar-refractivity contribution in [1.29, 1.82) is 0 Å². The number of esters is 4. The molecule has 0 atom stereocenters. The van der Waals surface area contributed by atoms with Crippen molar-refractivity contribution in [3.8, 4) is 33.8 Å². The highest BCUT2D eigenvalue weighted by Gasteiger charge is 2.16.